The first-order valence-corrected chi connectivity index (χ1v) is 8.87. The largest absolute Gasteiger partial charge is 0.397 e. The second-order valence-corrected chi connectivity index (χ2v) is 8.17. The summed E-state index contributed by atoms with van der Waals surface area (Å²) >= 11 is 7.36. The third-order valence-electron chi connectivity index (χ3n) is 2.92. The summed E-state index contributed by atoms with van der Waals surface area (Å²) in [6.07, 6.45) is 1.64. The number of anilines is 1. The number of nitrogens with one attached hydrogen (secondary N) is 1. The van der Waals surface area contributed by atoms with E-state index in [1.54, 1.807) is 32.3 Å². The molecule has 1 aromatic heterocycles. The number of thiazole rings is 1. The fourth-order valence-electron chi connectivity index (χ4n) is 1.89. The van der Waals surface area contributed by atoms with Gasteiger partial charge in [-0.15, -0.1) is 11.3 Å². The molecule has 0 unspecified atom stereocenters. The molecule has 8 heteroatoms. The molecule has 2 aromatic rings. The molecule has 2 rings (SSSR count). The van der Waals surface area contributed by atoms with Gasteiger partial charge in [0.1, 0.15) is 5.01 Å². The number of hydrogen-bond donors (Lipinski definition) is 2. The van der Waals surface area contributed by atoms with E-state index in [0.29, 0.717) is 15.6 Å². The van der Waals surface area contributed by atoms with Crippen molar-refractivity contribution in [2.24, 2.45) is 0 Å². The number of sulfonamides is 1. The first-order chi connectivity index (χ1) is 9.63. The van der Waals surface area contributed by atoms with Gasteiger partial charge in [-0.05, 0) is 38.5 Å². The maximum Gasteiger partial charge on any atom is 0.241 e. The number of rotatable bonds is 4. The van der Waals surface area contributed by atoms with Gasteiger partial charge in [0.15, 0.2) is 0 Å². The highest BCUT2D eigenvalue weighted by molar-refractivity contribution is 7.89. The molecule has 0 aliphatic rings. The van der Waals surface area contributed by atoms with Crippen molar-refractivity contribution in [2.45, 2.75) is 31.2 Å². The molecular formula is C13H16ClN3O2S2. The molecule has 1 aromatic carbocycles. The Balaban J connectivity index is 2.40. The smallest absolute Gasteiger partial charge is 0.241 e. The molecule has 0 spiro atoms. The molecule has 0 saturated heterocycles. The van der Waals surface area contributed by atoms with E-state index in [-0.39, 0.29) is 10.6 Å². The molecule has 0 bridgehead atoms. The molecule has 0 amide bonds. The number of nitrogens with zero attached hydrogens (tertiary/aromatic N) is 1. The molecule has 5 nitrogen and oxygen atoms in total. The van der Waals surface area contributed by atoms with Crippen molar-refractivity contribution in [3.8, 4) is 0 Å². The summed E-state index contributed by atoms with van der Waals surface area (Å²) in [6.45, 7) is 5.23. The number of nitrogens with two attached hydrogens (primary N) is 1. The summed E-state index contributed by atoms with van der Waals surface area (Å²) in [6, 6.07) is 2.86. The summed E-state index contributed by atoms with van der Waals surface area (Å²) < 4.78 is 27.7. The maximum atomic E-state index is 12.5. The highest BCUT2D eigenvalue weighted by Gasteiger charge is 2.30. The van der Waals surface area contributed by atoms with Crippen LogP contribution >= 0.6 is 22.9 Å². The molecule has 114 valence electrons. The number of aromatic nitrogens is 1. The Hall–Kier alpha value is -1.15. The van der Waals surface area contributed by atoms with Crippen LogP contribution < -0.4 is 10.5 Å². The van der Waals surface area contributed by atoms with Crippen molar-refractivity contribution in [1.29, 1.82) is 0 Å². The van der Waals surface area contributed by atoms with E-state index < -0.39 is 15.6 Å². The van der Waals surface area contributed by atoms with Crippen LogP contribution in [-0.4, -0.2) is 13.4 Å². The second-order valence-electron chi connectivity index (χ2n) is 5.21. The third-order valence-corrected chi connectivity index (χ3v) is 6.17. The Bertz CT molecular complexity index is 733. The minimum absolute atomic E-state index is 0.0894. The van der Waals surface area contributed by atoms with Crippen molar-refractivity contribution < 1.29 is 8.42 Å². The van der Waals surface area contributed by atoms with Gasteiger partial charge in [-0.1, -0.05) is 11.6 Å². The van der Waals surface area contributed by atoms with E-state index in [1.807, 2.05) is 0 Å². The topological polar surface area (TPSA) is 85.1 Å². The summed E-state index contributed by atoms with van der Waals surface area (Å²) in [5, 5.41) is 2.85. The highest BCUT2D eigenvalue weighted by atomic mass is 35.5. The molecule has 1 heterocycles. The van der Waals surface area contributed by atoms with Crippen LogP contribution in [0.1, 0.15) is 24.4 Å². The second kappa shape index (κ2) is 5.57. The van der Waals surface area contributed by atoms with Crippen molar-refractivity contribution >= 4 is 38.6 Å². The fourth-order valence-corrected chi connectivity index (χ4v) is 4.28. The van der Waals surface area contributed by atoms with Gasteiger partial charge in [0.2, 0.25) is 10.0 Å². The molecule has 3 N–H and O–H groups in total. The van der Waals surface area contributed by atoms with Crippen LogP contribution in [0.25, 0.3) is 0 Å². The van der Waals surface area contributed by atoms with E-state index in [9.17, 15) is 8.42 Å². The molecule has 0 radical (unpaired) electrons. The predicted molar refractivity (Wildman–Crippen MR) is 86.1 cm³/mol. The summed E-state index contributed by atoms with van der Waals surface area (Å²) in [5.74, 6) is 0. The fraction of sp³-hybridized carbons (Fsp3) is 0.308. The van der Waals surface area contributed by atoms with E-state index in [2.05, 4.69) is 9.71 Å². The zero-order valence-corrected chi connectivity index (χ0v) is 14.2. The van der Waals surface area contributed by atoms with Crippen LogP contribution in [0.2, 0.25) is 5.02 Å². The van der Waals surface area contributed by atoms with E-state index in [0.717, 1.165) is 0 Å². The van der Waals surface area contributed by atoms with Gasteiger partial charge in [0.25, 0.3) is 0 Å². The van der Waals surface area contributed by atoms with Crippen molar-refractivity contribution in [2.75, 3.05) is 5.73 Å². The predicted octanol–water partition coefficient (Wildman–Crippen LogP) is 2.90. The van der Waals surface area contributed by atoms with Crippen LogP contribution in [0.15, 0.2) is 28.6 Å². The van der Waals surface area contributed by atoms with Gasteiger partial charge in [0.05, 0.1) is 21.1 Å². The van der Waals surface area contributed by atoms with Crippen LogP contribution in [0, 0.1) is 6.92 Å². The lowest BCUT2D eigenvalue weighted by molar-refractivity contribution is 0.470. The Labute approximate surface area is 133 Å². The monoisotopic (exact) mass is 345 g/mol. The zero-order valence-electron chi connectivity index (χ0n) is 11.8. The normalized spacial score (nSPS) is 12.6. The van der Waals surface area contributed by atoms with Gasteiger partial charge in [0, 0.05) is 11.6 Å². The Morgan fingerprint density at radius 2 is 2.05 bits per heavy atom. The van der Waals surface area contributed by atoms with Crippen LogP contribution in [0.4, 0.5) is 5.69 Å². The molecular weight excluding hydrogens is 330 g/mol. The summed E-state index contributed by atoms with van der Waals surface area (Å²) in [5.41, 5.74) is 5.79. The molecule has 0 saturated carbocycles. The van der Waals surface area contributed by atoms with E-state index in [1.165, 1.54) is 23.5 Å². The van der Waals surface area contributed by atoms with Crippen molar-refractivity contribution in [3.63, 3.8) is 0 Å². The van der Waals surface area contributed by atoms with Crippen molar-refractivity contribution in [1.82, 2.24) is 9.71 Å². The first-order valence-electron chi connectivity index (χ1n) is 6.13. The van der Waals surface area contributed by atoms with E-state index in [4.69, 9.17) is 17.3 Å². The Morgan fingerprint density at radius 3 is 2.57 bits per heavy atom. The Morgan fingerprint density at radius 1 is 1.38 bits per heavy atom. The van der Waals surface area contributed by atoms with Gasteiger partial charge < -0.3 is 5.73 Å². The van der Waals surface area contributed by atoms with Gasteiger partial charge in [-0.2, -0.15) is 4.72 Å². The standard InChI is InChI=1S/C13H16ClN3O2S2/c1-8-6-9(7-10(15)11(8)14)21(18,19)17-13(2,3)12-16-4-5-20-12/h4-7,17H,15H2,1-3H3. The molecule has 0 aliphatic heterocycles. The van der Waals surface area contributed by atoms with E-state index >= 15 is 0 Å². The summed E-state index contributed by atoms with van der Waals surface area (Å²) in [7, 11) is -3.73. The number of hydrogen-bond acceptors (Lipinski definition) is 5. The number of aryl methyl sites for hydroxylation is 1. The number of nitrogen functional groups attached to an aromatic ring is 1. The Kier molecular flexibility index (Phi) is 4.30. The van der Waals surface area contributed by atoms with Gasteiger partial charge in [-0.25, -0.2) is 13.4 Å². The van der Waals surface area contributed by atoms with Gasteiger partial charge in [-0.3, -0.25) is 0 Å². The van der Waals surface area contributed by atoms with Crippen LogP contribution in [0.3, 0.4) is 0 Å². The average Bonchev–Trinajstić information content (AvgIpc) is 2.88. The SMILES string of the molecule is Cc1cc(S(=O)(=O)NC(C)(C)c2nccs2)cc(N)c1Cl. The zero-order chi connectivity index (χ0) is 15.8. The molecule has 0 fully saturated rings. The van der Waals surface area contributed by atoms with Crippen LogP contribution in [0.5, 0.6) is 0 Å². The minimum atomic E-state index is -3.73. The minimum Gasteiger partial charge on any atom is -0.397 e. The maximum absolute atomic E-state index is 12.5. The lowest BCUT2D eigenvalue weighted by Gasteiger charge is -2.23. The number of halogens is 1. The lowest BCUT2D eigenvalue weighted by Crippen LogP contribution is -2.40. The lowest BCUT2D eigenvalue weighted by atomic mass is 10.1. The van der Waals surface area contributed by atoms with Crippen molar-refractivity contribution in [3.05, 3.63) is 39.3 Å². The number of benzene rings is 1. The van der Waals surface area contributed by atoms with Gasteiger partial charge >= 0.3 is 0 Å². The third kappa shape index (κ3) is 3.37. The quantitative estimate of drug-likeness (QED) is 0.834. The molecule has 0 atom stereocenters. The molecule has 21 heavy (non-hydrogen) atoms. The first kappa shape index (κ1) is 16.2. The van der Waals surface area contributed by atoms with Crippen LogP contribution in [-0.2, 0) is 15.6 Å². The average molecular weight is 346 g/mol. The molecule has 0 aliphatic carbocycles. The highest BCUT2D eigenvalue weighted by Crippen LogP contribution is 2.29. The summed E-state index contributed by atoms with van der Waals surface area (Å²) in [4.78, 5) is 4.25.